The maximum absolute atomic E-state index is 12.3. The number of nitrogens with zero attached hydrogens (tertiary/aromatic N) is 2. The summed E-state index contributed by atoms with van der Waals surface area (Å²) >= 11 is 0. The maximum atomic E-state index is 12.3. The Balaban J connectivity index is 2.57. The first-order valence-electron chi connectivity index (χ1n) is 4.16. The third-order valence-corrected chi connectivity index (χ3v) is 1.77. The van der Waals surface area contributed by atoms with Crippen LogP contribution in [-0.4, -0.2) is 26.7 Å². The zero-order chi connectivity index (χ0) is 11.4. The van der Waals surface area contributed by atoms with Crippen molar-refractivity contribution in [3.63, 3.8) is 0 Å². The summed E-state index contributed by atoms with van der Waals surface area (Å²) in [6, 6.07) is 0. The van der Waals surface area contributed by atoms with E-state index in [-0.39, 0.29) is 12.4 Å². The molecule has 0 spiro atoms. The standard InChI is InChI=1S/C8H10F2N2O3/c1-5(7(13)14)15-4-6-11-2-3-12(6)8(9)10/h2-3,5,8H,4H2,1H3,(H,13,14). The third-order valence-electron chi connectivity index (χ3n) is 1.77. The summed E-state index contributed by atoms with van der Waals surface area (Å²) in [6.07, 6.45) is 1.26. The molecule has 0 aliphatic heterocycles. The van der Waals surface area contributed by atoms with Crippen LogP contribution in [0.25, 0.3) is 0 Å². The van der Waals surface area contributed by atoms with Gasteiger partial charge in [0.25, 0.3) is 0 Å². The third kappa shape index (κ3) is 2.98. The molecule has 0 saturated heterocycles. The summed E-state index contributed by atoms with van der Waals surface area (Å²) in [6.45, 7) is -1.64. The van der Waals surface area contributed by atoms with Crippen molar-refractivity contribution in [2.24, 2.45) is 0 Å². The minimum Gasteiger partial charge on any atom is -0.479 e. The first-order chi connectivity index (χ1) is 7.02. The molecule has 0 aliphatic rings. The number of alkyl halides is 2. The molecule has 1 aromatic rings. The lowest BCUT2D eigenvalue weighted by Crippen LogP contribution is -2.20. The summed E-state index contributed by atoms with van der Waals surface area (Å²) in [7, 11) is 0. The number of imidazole rings is 1. The average Bonchev–Trinajstić information content (AvgIpc) is 2.61. The van der Waals surface area contributed by atoms with Crippen molar-refractivity contribution < 1.29 is 23.4 Å². The fraction of sp³-hybridized carbons (Fsp3) is 0.500. The molecule has 7 heteroatoms. The van der Waals surface area contributed by atoms with Crippen LogP contribution in [0.1, 0.15) is 19.3 Å². The van der Waals surface area contributed by atoms with E-state index >= 15 is 0 Å². The molecule has 5 nitrogen and oxygen atoms in total. The minimum atomic E-state index is -2.70. The number of hydrogen-bond acceptors (Lipinski definition) is 3. The second kappa shape index (κ2) is 4.83. The topological polar surface area (TPSA) is 64.4 Å². The van der Waals surface area contributed by atoms with E-state index in [1.807, 2.05) is 0 Å². The van der Waals surface area contributed by atoms with Crippen LogP contribution in [0.5, 0.6) is 0 Å². The SMILES string of the molecule is CC(OCc1nccn1C(F)F)C(=O)O. The van der Waals surface area contributed by atoms with Gasteiger partial charge < -0.3 is 9.84 Å². The number of hydrogen-bond donors (Lipinski definition) is 1. The van der Waals surface area contributed by atoms with Crippen molar-refractivity contribution in [2.75, 3.05) is 0 Å². The van der Waals surface area contributed by atoms with Crippen LogP contribution in [0.15, 0.2) is 12.4 Å². The first kappa shape index (κ1) is 11.6. The van der Waals surface area contributed by atoms with Crippen molar-refractivity contribution in [3.05, 3.63) is 18.2 Å². The number of carboxylic acid groups (broad SMARTS) is 1. The number of rotatable bonds is 5. The van der Waals surface area contributed by atoms with E-state index in [2.05, 4.69) is 4.98 Å². The van der Waals surface area contributed by atoms with E-state index in [1.54, 1.807) is 0 Å². The van der Waals surface area contributed by atoms with E-state index in [9.17, 15) is 13.6 Å². The van der Waals surface area contributed by atoms with Gasteiger partial charge in [0, 0.05) is 12.4 Å². The summed E-state index contributed by atoms with van der Waals surface area (Å²) in [4.78, 5) is 14.0. The molecule has 0 bridgehead atoms. The van der Waals surface area contributed by atoms with Gasteiger partial charge in [-0.25, -0.2) is 9.78 Å². The Morgan fingerprint density at radius 1 is 1.73 bits per heavy atom. The summed E-state index contributed by atoms with van der Waals surface area (Å²) in [5.41, 5.74) is 0. The highest BCUT2D eigenvalue weighted by Gasteiger charge is 2.15. The fourth-order valence-electron chi connectivity index (χ4n) is 0.904. The molecule has 0 amide bonds. The Kier molecular flexibility index (Phi) is 3.73. The van der Waals surface area contributed by atoms with Crippen molar-refractivity contribution in [1.29, 1.82) is 0 Å². The molecule has 0 fully saturated rings. The van der Waals surface area contributed by atoms with E-state index in [1.165, 1.54) is 13.1 Å². The molecule has 15 heavy (non-hydrogen) atoms. The highest BCUT2D eigenvalue weighted by Crippen LogP contribution is 2.13. The lowest BCUT2D eigenvalue weighted by atomic mass is 10.4. The first-order valence-corrected chi connectivity index (χ1v) is 4.16. The van der Waals surface area contributed by atoms with Crippen molar-refractivity contribution >= 4 is 5.97 Å². The Morgan fingerprint density at radius 2 is 2.40 bits per heavy atom. The van der Waals surface area contributed by atoms with Crippen LogP contribution >= 0.6 is 0 Å². The summed E-state index contributed by atoms with van der Waals surface area (Å²) < 4.78 is 30.0. The van der Waals surface area contributed by atoms with Crippen LogP contribution in [0.2, 0.25) is 0 Å². The predicted octanol–water partition coefficient (Wildman–Crippen LogP) is 1.27. The van der Waals surface area contributed by atoms with Gasteiger partial charge in [-0.3, -0.25) is 4.57 Å². The van der Waals surface area contributed by atoms with E-state index < -0.39 is 18.6 Å². The van der Waals surface area contributed by atoms with E-state index in [4.69, 9.17) is 9.84 Å². The molecular weight excluding hydrogens is 210 g/mol. The van der Waals surface area contributed by atoms with Gasteiger partial charge in [0.15, 0.2) is 6.10 Å². The van der Waals surface area contributed by atoms with Gasteiger partial charge in [-0.2, -0.15) is 8.78 Å². The Labute approximate surface area is 84.3 Å². The number of aliphatic carboxylic acids is 1. The number of carbonyl (C=O) groups is 1. The molecule has 1 unspecified atom stereocenters. The second-order valence-corrected chi connectivity index (χ2v) is 2.82. The monoisotopic (exact) mass is 220 g/mol. The molecule has 1 rings (SSSR count). The second-order valence-electron chi connectivity index (χ2n) is 2.82. The highest BCUT2D eigenvalue weighted by atomic mass is 19.3. The number of carboxylic acids is 1. The van der Waals surface area contributed by atoms with Gasteiger partial charge in [0.2, 0.25) is 0 Å². The lowest BCUT2D eigenvalue weighted by Gasteiger charge is -2.09. The maximum Gasteiger partial charge on any atom is 0.332 e. The Morgan fingerprint density at radius 3 is 2.93 bits per heavy atom. The van der Waals surface area contributed by atoms with E-state index in [0.29, 0.717) is 4.57 Å². The van der Waals surface area contributed by atoms with Crippen molar-refractivity contribution in [2.45, 2.75) is 26.2 Å². The Hall–Kier alpha value is -1.50. The van der Waals surface area contributed by atoms with Crippen LogP contribution < -0.4 is 0 Å². The summed E-state index contributed by atoms with van der Waals surface area (Å²) in [5.74, 6) is -1.15. The van der Waals surface area contributed by atoms with Crippen molar-refractivity contribution in [3.8, 4) is 0 Å². The van der Waals surface area contributed by atoms with Gasteiger partial charge >= 0.3 is 12.5 Å². The molecule has 0 saturated carbocycles. The average molecular weight is 220 g/mol. The van der Waals surface area contributed by atoms with Crippen molar-refractivity contribution in [1.82, 2.24) is 9.55 Å². The molecule has 1 atom stereocenters. The molecule has 1 heterocycles. The zero-order valence-corrected chi connectivity index (χ0v) is 7.93. The van der Waals surface area contributed by atoms with Gasteiger partial charge in [-0.15, -0.1) is 0 Å². The lowest BCUT2D eigenvalue weighted by molar-refractivity contribution is -0.150. The van der Waals surface area contributed by atoms with Gasteiger partial charge in [0.1, 0.15) is 12.4 Å². The van der Waals surface area contributed by atoms with Crippen LogP contribution in [0, 0.1) is 0 Å². The predicted molar refractivity (Wildman–Crippen MR) is 45.4 cm³/mol. The Bertz CT molecular complexity index is 340. The molecule has 0 radical (unpaired) electrons. The highest BCUT2D eigenvalue weighted by molar-refractivity contribution is 5.71. The van der Waals surface area contributed by atoms with Crippen LogP contribution in [0.3, 0.4) is 0 Å². The largest absolute Gasteiger partial charge is 0.479 e. The zero-order valence-electron chi connectivity index (χ0n) is 7.93. The van der Waals surface area contributed by atoms with Gasteiger partial charge in [-0.05, 0) is 6.92 Å². The smallest absolute Gasteiger partial charge is 0.332 e. The summed E-state index contributed by atoms with van der Waals surface area (Å²) in [5, 5.41) is 8.49. The molecule has 1 aromatic heterocycles. The molecular formula is C8H10F2N2O3. The van der Waals surface area contributed by atoms with E-state index in [0.717, 1.165) is 6.20 Å². The number of ether oxygens (including phenoxy) is 1. The normalized spacial score (nSPS) is 13.1. The number of halogens is 2. The fourth-order valence-corrected chi connectivity index (χ4v) is 0.904. The van der Waals surface area contributed by atoms with Crippen LogP contribution in [0.4, 0.5) is 8.78 Å². The number of aromatic nitrogens is 2. The molecule has 84 valence electrons. The quantitative estimate of drug-likeness (QED) is 0.811. The van der Waals surface area contributed by atoms with Gasteiger partial charge in [-0.1, -0.05) is 0 Å². The molecule has 0 aromatic carbocycles. The van der Waals surface area contributed by atoms with Crippen LogP contribution in [-0.2, 0) is 16.1 Å². The molecule has 0 aliphatic carbocycles. The minimum absolute atomic E-state index is 0.00176. The molecule has 1 N–H and O–H groups in total. The van der Waals surface area contributed by atoms with Gasteiger partial charge in [0.05, 0.1) is 0 Å².